The van der Waals surface area contributed by atoms with Gasteiger partial charge in [-0.15, -0.1) is 0 Å². The number of halogens is 3. The zero-order chi connectivity index (χ0) is 19.7. The van der Waals surface area contributed by atoms with Gasteiger partial charge in [0, 0.05) is 29.5 Å². The second-order valence-corrected chi connectivity index (χ2v) is 8.31. The summed E-state index contributed by atoms with van der Waals surface area (Å²) in [7, 11) is -5.76. The van der Waals surface area contributed by atoms with Crippen molar-refractivity contribution in [2.45, 2.75) is 17.5 Å². The van der Waals surface area contributed by atoms with Crippen LogP contribution in [0.4, 0.5) is 13.2 Å². The highest BCUT2D eigenvalue weighted by Crippen LogP contribution is 2.59. The van der Waals surface area contributed by atoms with Crippen molar-refractivity contribution in [1.82, 2.24) is 9.55 Å². The second kappa shape index (κ2) is 5.42. The molecule has 2 heterocycles. The molecule has 2 unspecified atom stereocenters. The van der Waals surface area contributed by atoms with E-state index < -0.39 is 27.1 Å². The molecule has 0 saturated heterocycles. The largest absolute Gasteiger partial charge is 0.523 e. The molecule has 0 N–H and O–H groups in total. The first-order chi connectivity index (χ1) is 13.2. The Kier molecular flexibility index (Phi) is 3.36. The topological polar surface area (TPSA) is 73.6 Å². The van der Waals surface area contributed by atoms with Gasteiger partial charge in [0.25, 0.3) is 0 Å². The van der Waals surface area contributed by atoms with E-state index in [1.165, 1.54) is 12.4 Å². The maximum absolute atomic E-state index is 12.9. The van der Waals surface area contributed by atoms with E-state index in [1.54, 1.807) is 29.0 Å². The first-order valence-corrected chi connectivity index (χ1v) is 9.75. The number of hydrogen-bond acceptors (Lipinski definition) is 5. The van der Waals surface area contributed by atoms with Crippen molar-refractivity contribution in [2.24, 2.45) is 10.9 Å². The smallest absolute Gasteiger partial charge is 0.298 e. The summed E-state index contributed by atoms with van der Waals surface area (Å²) in [5.41, 5.74) is -4.86. The van der Waals surface area contributed by atoms with Crippen LogP contribution in [0.5, 0.6) is 0 Å². The van der Waals surface area contributed by atoms with E-state index in [0.29, 0.717) is 22.5 Å². The SMILES string of the molecule is O=S(=O)(OC12CC1C=CC1=CN=Cc3nc4ccccc4n3C=C12)C(F)(F)F. The number of nitrogens with zero attached hydrogens (tertiary/aromatic N) is 3. The van der Waals surface area contributed by atoms with Crippen molar-refractivity contribution < 1.29 is 25.8 Å². The van der Waals surface area contributed by atoms with E-state index in [2.05, 4.69) is 9.98 Å². The quantitative estimate of drug-likeness (QED) is 0.565. The summed E-state index contributed by atoms with van der Waals surface area (Å²) < 4.78 is 68.7. The Balaban J connectivity index is 1.70. The highest BCUT2D eigenvalue weighted by molar-refractivity contribution is 7.87. The maximum Gasteiger partial charge on any atom is 0.523 e. The van der Waals surface area contributed by atoms with Crippen LogP contribution in [0.2, 0.25) is 0 Å². The Bertz CT molecular complexity index is 1240. The van der Waals surface area contributed by atoms with Gasteiger partial charge >= 0.3 is 15.6 Å². The van der Waals surface area contributed by atoms with Gasteiger partial charge in [0.2, 0.25) is 0 Å². The van der Waals surface area contributed by atoms with Gasteiger partial charge in [0.1, 0.15) is 5.60 Å². The molecule has 1 fully saturated rings. The van der Waals surface area contributed by atoms with Crippen LogP contribution in [0.15, 0.2) is 58.8 Å². The lowest BCUT2D eigenvalue weighted by Gasteiger charge is -2.25. The zero-order valence-corrected chi connectivity index (χ0v) is 14.9. The number of rotatable bonds is 2. The zero-order valence-electron chi connectivity index (χ0n) is 14.1. The number of benzene rings is 1. The van der Waals surface area contributed by atoms with Crippen LogP contribution in [0.3, 0.4) is 0 Å². The summed E-state index contributed by atoms with van der Waals surface area (Å²) in [6.07, 6.45) is 8.09. The van der Waals surface area contributed by atoms with Crippen molar-refractivity contribution in [3.63, 3.8) is 0 Å². The summed E-state index contributed by atoms with van der Waals surface area (Å²) in [4.78, 5) is 8.64. The fourth-order valence-electron chi connectivity index (χ4n) is 3.64. The number of alkyl halides is 3. The Morgan fingerprint density at radius 1 is 1.25 bits per heavy atom. The molecule has 5 rings (SSSR count). The van der Waals surface area contributed by atoms with E-state index in [4.69, 9.17) is 4.18 Å². The lowest BCUT2D eigenvalue weighted by atomic mass is 9.93. The number of allylic oxidation sites excluding steroid dienone is 1. The normalized spacial score (nSPS) is 25.9. The van der Waals surface area contributed by atoms with Crippen LogP contribution < -0.4 is 0 Å². The molecule has 1 saturated carbocycles. The molecule has 0 amide bonds. The average molecular weight is 407 g/mol. The van der Waals surface area contributed by atoms with Crippen LogP contribution in [0.25, 0.3) is 17.2 Å². The van der Waals surface area contributed by atoms with Crippen LogP contribution in [-0.4, -0.2) is 35.3 Å². The van der Waals surface area contributed by atoms with Gasteiger partial charge in [-0.05, 0) is 18.6 Å². The van der Waals surface area contributed by atoms with E-state index in [0.717, 1.165) is 5.52 Å². The van der Waals surface area contributed by atoms with Crippen molar-refractivity contribution in [2.75, 3.05) is 0 Å². The molecule has 28 heavy (non-hydrogen) atoms. The van der Waals surface area contributed by atoms with E-state index in [-0.39, 0.29) is 6.42 Å². The monoisotopic (exact) mass is 407 g/mol. The molecule has 3 aliphatic rings. The minimum absolute atomic E-state index is 0.133. The van der Waals surface area contributed by atoms with E-state index >= 15 is 0 Å². The summed E-state index contributed by atoms with van der Waals surface area (Å²) in [6.45, 7) is 0. The van der Waals surface area contributed by atoms with Gasteiger partial charge in [-0.2, -0.15) is 21.6 Å². The molecule has 144 valence electrons. The summed E-state index contributed by atoms with van der Waals surface area (Å²) in [5.74, 6) is 0.0132. The first kappa shape index (κ1) is 17.4. The summed E-state index contributed by atoms with van der Waals surface area (Å²) in [6, 6.07) is 7.24. The molecular formula is C18H12F3N3O3S. The van der Waals surface area contributed by atoms with Crippen LogP contribution >= 0.6 is 0 Å². The van der Waals surface area contributed by atoms with Gasteiger partial charge in [0.05, 0.1) is 17.2 Å². The van der Waals surface area contributed by atoms with Gasteiger partial charge in [-0.3, -0.25) is 13.7 Å². The van der Waals surface area contributed by atoms with Crippen LogP contribution in [0.1, 0.15) is 12.2 Å². The van der Waals surface area contributed by atoms with Crippen molar-refractivity contribution >= 4 is 33.6 Å². The lowest BCUT2D eigenvalue weighted by molar-refractivity contribution is -0.0575. The summed E-state index contributed by atoms with van der Waals surface area (Å²) >= 11 is 0. The highest BCUT2D eigenvalue weighted by Gasteiger charge is 2.65. The number of imidazole rings is 1. The van der Waals surface area contributed by atoms with E-state index in [9.17, 15) is 21.6 Å². The van der Waals surface area contributed by atoms with Crippen LogP contribution in [-0.2, 0) is 14.3 Å². The molecule has 0 radical (unpaired) electrons. The highest BCUT2D eigenvalue weighted by atomic mass is 32.2. The molecule has 1 aromatic heterocycles. The van der Waals surface area contributed by atoms with E-state index in [1.807, 2.05) is 18.2 Å². The third-order valence-electron chi connectivity index (χ3n) is 5.06. The maximum atomic E-state index is 12.9. The number of hydrogen-bond donors (Lipinski definition) is 0. The third-order valence-corrected chi connectivity index (χ3v) is 6.15. The fraction of sp³-hybridized carbons (Fsp3) is 0.222. The molecule has 0 bridgehead atoms. The third kappa shape index (κ3) is 2.41. The number of aromatic nitrogens is 2. The number of fused-ring (bicyclic) bond motifs is 6. The predicted octanol–water partition coefficient (Wildman–Crippen LogP) is 3.39. The van der Waals surface area contributed by atoms with Crippen molar-refractivity contribution in [3.8, 4) is 0 Å². The van der Waals surface area contributed by atoms with Gasteiger partial charge in [0.15, 0.2) is 5.82 Å². The number of para-hydroxylation sites is 2. The Labute approximate surface area is 157 Å². The van der Waals surface area contributed by atoms with Crippen molar-refractivity contribution in [3.05, 3.63) is 59.6 Å². The van der Waals surface area contributed by atoms with Gasteiger partial charge in [-0.1, -0.05) is 24.3 Å². The van der Waals surface area contributed by atoms with Crippen LogP contribution in [0, 0.1) is 5.92 Å². The van der Waals surface area contributed by atoms with Crippen molar-refractivity contribution in [1.29, 1.82) is 0 Å². The minimum Gasteiger partial charge on any atom is -0.298 e. The average Bonchev–Trinajstić information content (AvgIpc) is 3.20. The standard InChI is InChI=1S/C18H12F3N3O3S/c19-18(20,21)28(25,26)27-17-7-12(17)6-5-11-8-22-9-16-23-14-3-1-2-4-15(14)24(16)10-13(11)17/h1-6,8-10,12H,7H2. The second-order valence-electron chi connectivity index (χ2n) is 6.78. The molecule has 2 aromatic rings. The Hall–Kier alpha value is -2.72. The molecule has 0 spiro atoms. The number of aliphatic imine (C=N–C) groups is 1. The molecule has 1 aromatic carbocycles. The molecule has 2 atom stereocenters. The predicted molar refractivity (Wildman–Crippen MR) is 95.7 cm³/mol. The van der Waals surface area contributed by atoms with Gasteiger partial charge < -0.3 is 0 Å². The Morgan fingerprint density at radius 3 is 2.82 bits per heavy atom. The lowest BCUT2D eigenvalue weighted by Crippen LogP contribution is -2.34. The summed E-state index contributed by atoms with van der Waals surface area (Å²) in [5, 5.41) is 0. The fourth-order valence-corrected chi connectivity index (χ4v) is 4.41. The molecule has 10 heteroatoms. The first-order valence-electron chi connectivity index (χ1n) is 8.34. The Morgan fingerprint density at radius 2 is 2.04 bits per heavy atom. The minimum atomic E-state index is -5.76. The van der Waals surface area contributed by atoms with Gasteiger partial charge in [-0.25, -0.2) is 4.98 Å². The molecule has 1 aliphatic heterocycles. The molecular weight excluding hydrogens is 395 g/mol. The molecule has 6 nitrogen and oxygen atoms in total. The molecule has 2 aliphatic carbocycles.